The fourth-order valence-electron chi connectivity index (χ4n) is 1.45. The van der Waals surface area contributed by atoms with Crippen LogP contribution in [0.1, 0.15) is 12.0 Å². The lowest BCUT2D eigenvalue weighted by atomic mass is 10.2. The third-order valence-corrected chi connectivity index (χ3v) is 4.80. The maximum atomic E-state index is 11.8. The van der Waals surface area contributed by atoms with E-state index in [-0.39, 0.29) is 11.3 Å². The largest absolute Gasteiger partial charge is 0.326 e. The Hall–Kier alpha value is -0.870. The van der Waals surface area contributed by atoms with Crippen molar-refractivity contribution in [1.82, 2.24) is 0 Å². The summed E-state index contributed by atoms with van der Waals surface area (Å²) in [6.45, 7) is 1.93. The average molecular weight is 211 g/mol. The molecule has 1 aromatic carbocycles. The molecule has 0 bridgehead atoms. The van der Waals surface area contributed by atoms with Crippen molar-refractivity contribution in [2.75, 3.05) is 0 Å². The topological polar surface area (TPSA) is 60.2 Å². The van der Waals surface area contributed by atoms with E-state index in [1.807, 2.05) is 6.92 Å². The average Bonchev–Trinajstić information content (AvgIpc) is 2.84. The molecule has 2 rings (SSSR count). The molecule has 0 unspecified atom stereocenters. The fourth-order valence-corrected chi connectivity index (χ4v) is 3.25. The smallest absolute Gasteiger partial charge is 0.182 e. The van der Waals surface area contributed by atoms with E-state index in [2.05, 4.69) is 0 Å². The van der Waals surface area contributed by atoms with E-state index in [4.69, 9.17) is 5.73 Å². The number of rotatable bonds is 2. The molecule has 1 aliphatic rings. The molecule has 76 valence electrons. The van der Waals surface area contributed by atoms with Gasteiger partial charge in [-0.05, 0) is 25.5 Å². The molecule has 0 aromatic heterocycles. The molecule has 14 heavy (non-hydrogen) atoms. The molecule has 3 nitrogen and oxygen atoms in total. The highest BCUT2D eigenvalue weighted by molar-refractivity contribution is 7.92. The van der Waals surface area contributed by atoms with Crippen LogP contribution in [-0.2, 0) is 9.84 Å². The van der Waals surface area contributed by atoms with Gasteiger partial charge in [0.1, 0.15) is 0 Å². The number of benzene rings is 1. The summed E-state index contributed by atoms with van der Waals surface area (Å²) < 4.78 is 23.7. The minimum Gasteiger partial charge on any atom is -0.326 e. The highest BCUT2D eigenvalue weighted by Crippen LogP contribution is 2.32. The van der Waals surface area contributed by atoms with E-state index in [0.29, 0.717) is 11.3 Å². The minimum absolute atomic E-state index is 0.165. The molecule has 0 spiro atoms. The van der Waals surface area contributed by atoms with E-state index in [0.717, 1.165) is 5.56 Å². The van der Waals surface area contributed by atoms with Gasteiger partial charge >= 0.3 is 0 Å². The summed E-state index contributed by atoms with van der Waals surface area (Å²) in [5.74, 6) is 0. The molecular formula is C10H13NO2S. The molecule has 0 saturated heterocycles. The Labute approximate surface area is 83.9 Å². The Kier molecular flexibility index (Phi) is 2.12. The first-order chi connectivity index (χ1) is 6.51. The van der Waals surface area contributed by atoms with Crippen LogP contribution < -0.4 is 5.73 Å². The maximum absolute atomic E-state index is 11.8. The predicted octanol–water partition coefficient (Wildman–Crippen LogP) is 0.868. The van der Waals surface area contributed by atoms with Gasteiger partial charge < -0.3 is 5.73 Å². The lowest BCUT2D eigenvalue weighted by molar-refractivity contribution is 0.594. The molecule has 0 aliphatic heterocycles. The first-order valence-corrected chi connectivity index (χ1v) is 6.12. The number of hydrogen-bond donors (Lipinski definition) is 1. The van der Waals surface area contributed by atoms with E-state index in [1.165, 1.54) is 0 Å². The minimum atomic E-state index is -3.16. The Morgan fingerprint density at radius 3 is 2.21 bits per heavy atom. The van der Waals surface area contributed by atoms with Crippen molar-refractivity contribution in [2.45, 2.75) is 29.5 Å². The number of hydrogen-bond acceptors (Lipinski definition) is 3. The number of nitrogens with two attached hydrogens (primary N) is 1. The summed E-state index contributed by atoms with van der Waals surface area (Å²) >= 11 is 0. The molecule has 1 aliphatic carbocycles. The van der Waals surface area contributed by atoms with Crippen LogP contribution in [0.25, 0.3) is 0 Å². The van der Waals surface area contributed by atoms with Crippen LogP contribution in [-0.4, -0.2) is 19.7 Å². The van der Waals surface area contributed by atoms with Crippen molar-refractivity contribution in [3.63, 3.8) is 0 Å². The van der Waals surface area contributed by atoms with Crippen LogP contribution in [0.5, 0.6) is 0 Å². The van der Waals surface area contributed by atoms with Crippen LogP contribution in [0.15, 0.2) is 29.2 Å². The van der Waals surface area contributed by atoms with Crippen LogP contribution in [0.4, 0.5) is 0 Å². The second kappa shape index (κ2) is 3.07. The van der Waals surface area contributed by atoms with Crippen LogP contribution in [0.2, 0.25) is 0 Å². The summed E-state index contributed by atoms with van der Waals surface area (Å²) in [5, 5.41) is -0.356. The van der Waals surface area contributed by atoms with Crippen LogP contribution in [0.3, 0.4) is 0 Å². The van der Waals surface area contributed by atoms with Gasteiger partial charge in [-0.1, -0.05) is 17.7 Å². The van der Waals surface area contributed by atoms with Gasteiger partial charge in [0.05, 0.1) is 10.1 Å². The van der Waals surface area contributed by atoms with Crippen molar-refractivity contribution < 1.29 is 8.42 Å². The highest BCUT2D eigenvalue weighted by atomic mass is 32.2. The van der Waals surface area contributed by atoms with Crippen molar-refractivity contribution in [3.8, 4) is 0 Å². The quantitative estimate of drug-likeness (QED) is 0.789. The number of sulfone groups is 1. The van der Waals surface area contributed by atoms with Gasteiger partial charge in [-0.15, -0.1) is 0 Å². The zero-order valence-electron chi connectivity index (χ0n) is 7.97. The first kappa shape index (κ1) is 9.68. The molecular weight excluding hydrogens is 198 g/mol. The van der Waals surface area contributed by atoms with Gasteiger partial charge in [0, 0.05) is 6.04 Å². The Balaban J connectivity index is 2.35. The predicted molar refractivity (Wildman–Crippen MR) is 54.7 cm³/mol. The summed E-state index contributed by atoms with van der Waals surface area (Å²) in [6, 6.07) is 6.74. The van der Waals surface area contributed by atoms with E-state index in [1.54, 1.807) is 24.3 Å². The van der Waals surface area contributed by atoms with Gasteiger partial charge in [-0.3, -0.25) is 0 Å². The van der Waals surface area contributed by atoms with Gasteiger partial charge in [0.15, 0.2) is 9.84 Å². The van der Waals surface area contributed by atoms with Gasteiger partial charge in [0.2, 0.25) is 0 Å². The number of aryl methyl sites for hydroxylation is 1. The normalized spacial score (nSPS) is 26.1. The highest BCUT2D eigenvalue weighted by Gasteiger charge is 2.45. The van der Waals surface area contributed by atoms with E-state index in [9.17, 15) is 8.42 Å². The first-order valence-electron chi connectivity index (χ1n) is 4.58. The van der Waals surface area contributed by atoms with Gasteiger partial charge in [-0.25, -0.2) is 8.42 Å². The molecule has 0 amide bonds. The summed E-state index contributed by atoms with van der Waals surface area (Å²) in [4.78, 5) is 0.390. The standard InChI is InChI=1S/C10H13NO2S/c1-7-2-4-8(5-3-7)14(12,13)10-6-9(10)11/h2-5,9-10H,6,11H2,1H3/t9-,10-/m1/s1. The lowest BCUT2D eigenvalue weighted by Crippen LogP contribution is -2.15. The molecule has 0 radical (unpaired) electrons. The Morgan fingerprint density at radius 1 is 1.29 bits per heavy atom. The summed E-state index contributed by atoms with van der Waals surface area (Å²) in [6.07, 6.45) is 0.593. The molecule has 1 saturated carbocycles. The zero-order valence-corrected chi connectivity index (χ0v) is 8.79. The van der Waals surface area contributed by atoms with Crippen LogP contribution in [0, 0.1) is 6.92 Å². The molecule has 0 heterocycles. The van der Waals surface area contributed by atoms with Crippen molar-refractivity contribution in [3.05, 3.63) is 29.8 Å². The summed E-state index contributed by atoms with van der Waals surface area (Å²) in [7, 11) is -3.16. The molecule has 1 aromatic rings. The van der Waals surface area contributed by atoms with Crippen molar-refractivity contribution in [1.29, 1.82) is 0 Å². The second-order valence-electron chi connectivity index (χ2n) is 3.80. The zero-order chi connectivity index (χ0) is 10.3. The Bertz CT molecular complexity index is 436. The van der Waals surface area contributed by atoms with Gasteiger partial charge in [-0.2, -0.15) is 0 Å². The monoisotopic (exact) mass is 211 g/mol. The SMILES string of the molecule is Cc1ccc(S(=O)(=O)[C@@H]2C[C@H]2N)cc1. The Morgan fingerprint density at radius 2 is 1.79 bits per heavy atom. The van der Waals surface area contributed by atoms with Crippen molar-refractivity contribution in [2.24, 2.45) is 5.73 Å². The molecule has 1 fully saturated rings. The van der Waals surface area contributed by atoms with E-state index >= 15 is 0 Å². The molecule has 2 atom stereocenters. The fraction of sp³-hybridized carbons (Fsp3) is 0.400. The lowest BCUT2D eigenvalue weighted by Gasteiger charge is -2.02. The van der Waals surface area contributed by atoms with Gasteiger partial charge in [0.25, 0.3) is 0 Å². The maximum Gasteiger partial charge on any atom is 0.182 e. The van der Waals surface area contributed by atoms with Crippen LogP contribution >= 0.6 is 0 Å². The molecule has 4 heteroatoms. The molecule has 2 N–H and O–H groups in total. The summed E-state index contributed by atoms with van der Waals surface area (Å²) in [5.41, 5.74) is 6.60. The third-order valence-electron chi connectivity index (χ3n) is 2.53. The van der Waals surface area contributed by atoms with Crippen molar-refractivity contribution >= 4 is 9.84 Å². The third kappa shape index (κ3) is 1.55. The van der Waals surface area contributed by atoms with E-state index < -0.39 is 9.84 Å². The second-order valence-corrected chi connectivity index (χ2v) is 5.96.